The number of hydrogen-bond acceptors (Lipinski definition) is 6. The lowest BCUT2D eigenvalue weighted by atomic mass is 10.2. The van der Waals surface area contributed by atoms with Crippen molar-refractivity contribution in [3.63, 3.8) is 0 Å². The van der Waals surface area contributed by atoms with Crippen LogP contribution in [0.2, 0.25) is 5.15 Å². The minimum absolute atomic E-state index is 0.0587. The molecule has 4 aromatic rings. The molecule has 10 heteroatoms. The van der Waals surface area contributed by atoms with Crippen molar-refractivity contribution >= 4 is 23.4 Å². The Morgan fingerprint density at radius 2 is 1.83 bits per heavy atom. The molecule has 0 saturated heterocycles. The quantitative estimate of drug-likeness (QED) is 0.334. The third-order valence-corrected chi connectivity index (χ3v) is 5.43. The number of aryl methyl sites for hydroxylation is 1. The number of rotatable bonds is 7. The predicted octanol–water partition coefficient (Wildman–Crippen LogP) is 5.78. The molecule has 0 amide bonds. The van der Waals surface area contributed by atoms with Crippen molar-refractivity contribution in [2.45, 2.75) is 24.5 Å². The smallest absolute Gasteiger partial charge is 0.387 e. The monoisotopic (exact) mass is 448 g/mol. The Balaban J connectivity index is 1.46. The molecule has 154 valence electrons. The fourth-order valence-corrected chi connectivity index (χ4v) is 4.00. The van der Waals surface area contributed by atoms with E-state index in [0.717, 1.165) is 16.9 Å². The van der Waals surface area contributed by atoms with Crippen LogP contribution in [0.4, 0.5) is 8.78 Å². The van der Waals surface area contributed by atoms with Crippen LogP contribution in [-0.2, 0) is 5.75 Å². The molecule has 0 unspecified atom stereocenters. The molecule has 2 aromatic carbocycles. The van der Waals surface area contributed by atoms with Gasteiger partial charge >= 0.3 is 6.61 Å². The van der Waals surface area contributed by atoms with Crippen molar-refractivity contribution in [2.75, 3.05) is 0 Å². The van der Waals surface area contributed by atoms with Gasteiger partial charge in [0.15, 0.2) is 0 Å². The van der Waals surface area contributed by atoms with Gasteiger partial charge in [-0.2, -0.15) is 13.9 Å². The van der Waals surface area contributed by atoms with Crippen molar-refractivity contribution in [1.29, 1.82) is 0 Å². The lowest BCUT2D eigenvalue weighted by Crippen LogP contribution is -2.01. The van der Waals surface area contributed by atoms with Crippen LogP contribution in [0.15, 0.2) is 64.2 Å². The molecular weight excluding hydrogens is 434 g/mol. The summed E-state index contributed by atoms with van der Waals surface area (Å²) >= 11 is 7.87. The van der Waals surface area contributed by atoms with Crippen molar-refractivity contribution in [2.24, 2.45) is 0 Å². The maximum Gasteiger partial charge on any atom is 0.387 e. The second kappa shape index (κ2) is 8.85. The highest BCUT2D eigenvalue weighted by atomic mass is 35.5. The number of ether oxygens (including phenoxy) is 1. The summed E-state index contributed by atoms with van der Waals surface area (Å²) in [7, 11) is 0. The van der Waals surface area contributed by atoms with E-state index in [-0.39, 0.29) is 11.6 Å². The number of thioether (sulfide) groups is 1. The SMILES string of the molecule is Cc1nn(-c2ccccc2)c(Cl)c1CSc1nnc(-c2ccc(OC(F)F)cc2)o1. The maximum atomic E-state index is 12.2. The van der Waals surface area contributed by atoms with Crippen LogP contribution < -0.4 is 4.74 Å². The molecule has 2 heterocycles. The summed E-state index contributed by atoms with van der Waals surface area (Å²) in [6.07, 6.45) is 0. The van der Waals surface area contributed by atoms with Crippen LogP contribution in [-0.4, -0.2) is 26.6 Å². The molecule has 0 fully saturated rings. The molecule has 0 radical (unpaired) electrons. The van der Waals surface area contributed by atoms with E-state index < -0.39 is 6.61 Å². The molecule has 6 nitrogen and oxygen atoms in total. The zero-order valence-corrected chi connectivity index (χ0v) is 17.2. The van der Waals surface area contributed by atoms with Gasteiger partial charge in [0, 0.05) is 16.9 Å². The minimum atomic E-state index is -2.87. The summed E-state index contributed by atoms with van der Waals surface area (Å²) < 4.78 is 36.2. The van der Waals surface area contributed by atoms with Crippen molar-refractivity contribution in [3.8, 4) is 22.9 Å². The van der Waals surface area contributed by atoms with Gasteiger partial charge in [-0.05, 0) is 43.3 Å². The van der Waals surface area contributed by atoms with Crippen LogP contribution in [0, 0.1) is 6.92 Å². The predicted molar refractivity (Wildman–Crippen MR) is 109 cm³/mol. The Morgan fingerprint density at radius 1 is 1.10 bits per heavy atom. The van der Waals surface area contributed by atoms with E-state index in [0.29, 0.717) is 21.7 Å². The normalized spacial score (nSPS) is 11.2. The first-order valence-corrected chi connectivity index (χ1v) is 10.2. The number of hydrogen-bond donors (Lipinski definition) is 0. The summed E-state index contributed by atoms with van der Waals surface area (Å²) in [6.45, 7) is -0.979. The molecule has 30 heavy (non-hydrogen) atoms. The average Bonchev–Trinajstić information content (AvgIpc) is 3.32. The summed E-state index contributed by atoms with van der Waals surface area (Å²) in [6, 6.07) is 15.6. The second-order valence-electron chi connectivity index (χ2n) is 6.17. The Bertz CT molecular complexity index is 1130. The maximum absolute atomic E-state index is 12.2. The second-order valence-corrected chi connectivity index (χ2v) is 7.45. The van der Waals surface area contributed by atoms with Crippen molar-refractivity contribution in [1.82, 2.24) is 20.0 Å². The Kier molecular flexibility index (Phi) is 6.01. The number of aromatic nitrogens is 4. The zero-order valence-electron chi connectivity index (χ0n) is 15.6. The van der Waals surface area contributed by atoms with Gasteiger partial charge < -0.3 is 9.15 Å². The summed E-state index contributed by atoms with van der Waals surface area (Å²) in [5, 5.41) is 13.4. The van der Waals surface area contributed by atoms with E-state index in [9.17, 15) is 8.78 Å². The molecule has 0 saturated carbocycles. The molecule has 0 N–H and O–H groups in total. The molecular formula is C20H15ClF2N4O2S. The van der Waals surface area contributed by atoms with Gasteiger partial charge in [-0.25, -0.2) is 4.68 Å². The van der Waals surface area contributed by atoms with E-state index in [2.05, 4.69) is 20.0 Å². The van der Waals surface area contributed by atoms with E-state index in [1.54, 1.807) is 16.8 Å². The molecule has 0 bridgehead atoms. The first kappa shape index (κ1) is 20.4. The third-order valence-electron chi connectivity index (χ3n) is 4.20. The Morgan fingerprint density at radius 3 is 2.53 bits per heavy atom. The standard InChI is InChI=1S/C20H15ClF2N4O2S/c1-12-16(17(21)27(26-12)14-5-3-2-4-6-14)11-30-20-25-24-18(29-20)13-7-9-15(10-8-13)28-19(22)23/h2-10,19H,11H2,1H3. The average molecular weight is 449 g/mol. The molecule has 4 rings (SSSR count). The first-order chi connectivity index (χ1) is 14.5. The number of nitrogens with zero attached hydrogens (tertiary/aromatic N) is 4. The van der Waals surface area contributed by atoms with Gasteiger partial charge in [0.1, 0.15) is 10.9 Å². The van der Waals surface area contributed by atoms with E-state index >= 15 is 0 Å². The van der Waals surface area contributed by atoms with Gasteiger partial charge in [-0.3, -0.25) is 0 Å². The lowest BCUT2D eigenvalue weighted by molar-refractivity contribution is -0.0498. The van der Waals surface area contributed by atoms with E-state index in [4.69, 9.17) is 16.0 Å². The van der Waals surface area contributed by atoms with Crippen LogP contribution in [0.5, 0.6) is 5.75 Å². The molecule has 0 aliphatic carbocycles. The summed E-state index contributed by atoms with van der Waals surface area (Å²) in [4.78, 5) is 0. The fraction of sp³-hybridized carbons (Fsp3) is 0.150. The molecule has 0 atom stereocenters. The van der Waals surface area contributed by atoms with Crippen LogP contribution in [0.3, 0.4) is 0 Å². The molecule has 0 spiro atoms. The fourth-order valence-electron chi connectivity index (χ4n) is 2.73. The van der Waals surface area contributed by atoms with Crippen molar-refractivity contribution in [3.05, 3.63) is 71.0 Å². The van der Waals surface area contributed by atoms with E-state index in [1.807, 2.05) is 37.3 Å². The third kappa shape index (κ3) is 4.47. The largest absolute Gasteiger partial charge is 0.435 e. The summed E-state index contributed by atoms with van der Waals surface area (Å²) in [5.41, 5.74) is 3.16. The van der Waals surface area contributed by atoms with Crippen LogP contribution in [0.25, 0.3) is 17.1 Å². The number of halogens is 3. The highest BCUT2D eigenvalue weighted by Crippen LogP contribution is 2.31. The summed E-state index contributed by atoms with van der Waals surface area (Å²) in [5.74, 6) is 0.840. The van der Waals surface area contributed by atoms with Gasteiger partial charge in [0.05, 0.1) is 11.4 Å². The highest BCUT2D eigenvalue weighted by molar-refractivity contribution is 7.98. The molecule has 0 aliphatic rings. The van der Waals surface area contributed by atoms with Gasteiger partial charge in [-0.15, -0.1) is 10.2 Å². The number of para-hydroxylation sites is 1. The van der Waals surface area contributed by atoms with Gasteiger partial charge in [0.2, 0.25) is 5.89 Å². The number of benzene rings is 2. The van der Waals surface area contributed by atoms with Gasteiger partial charge in [0.25, 0.3) is 5.22 Å². The molecule has 2 aromatic heterocycles. The zero-order chi connectivity index (χ0) is 21.1. The minimum Gasteiger partial charge on any atom is -0.435 e. The first-order valence-electron chi connectivity index (χ1n) is 8.82. The Hall–Kier alpha value is -2.91. The van der Waals surface area contributed by atoms with Crippen LogP contribution in [0.1, 0.15) is 11.3 Å². The molecule has 0 aliphatic heterocycles. The van der Waals surface area contributed by atoms with E-state index in [1.165, 1.54) is 23.9 Å². The Labute approximate surface area is 179 Å². The topological polar surface area (TPSA) is 66.0 Å². The lowest BCUT2D eigenvalue weighted by Gasteiger charge is -2.03. The van der Waals surface area contributed by atoms with Gasteiger partial charge in [-0.1, -0.05) is 41.6 Å². The number of alkyl halides is 2. The highest BCUT2D eigenvalue weighted by Gasteiger charge is 2.17. The van der Waals surface area contributed by atoms with Crippen molar-refractivity contribution < 1.29 is 17.9 Å². The van der Waals surface area contributed by atoms with Crippen LogP contribution >= 0.6 is 23.4 Å².